The highest BCUT2D eigenvalue weighted by molar-refractivity contribution is 7.45. The van der Waals surface area contributed by atoms with Crippen LogP contribution in [0.4, 0.5) is 0 Å². The summed E-state index contributed by atoms with van der Waals surface area (Å²) in [5, 5.41) is 0. The molecule has 0 aliphatic heterocycles. The lowest BCUT2D eigenvalue weighted by Gasteiger charge is -2.28. The number of unbranched alkanes of at least 4 members (excludes halogenated alkanes) is 24. The van der Waals surface area contributed by atoms with Gasteiger partial charge in [0.25, 0.3) is 7.82 Å². The summed E-state index contributed by atoms with van der Waals surface area (Å²) in [6.45, 7) is 4.00. The Bertz CT molecular complexity index is 2570. The fourth-order valence-electron chi connectivity index (χ4n) is 10.8. The number of phosphoric acid groups is 1. The summed E-state index contributed by atoms with van der Waals surface area (Å²) in [5.74, 6) is -0.845. The second kappa shape index (κ2) is 81.4. The number of hydrogen-bond acceptors (Lipinski definition) is 8. The number of hydrogen-bond donors (Lipinski definition) is 0. The largest absolute Gasteiger partial charge is 0.756 e. The quantitative estimate of drug-likeness (QED) is 0.0195. The topological polar surface area (TPSA) is 111 Å². The molecule has 0 aromatic heterocycles. The second-order valence-electron chi connectivity index (χ2n) is 28.0. The zero-order chi connectivity index (χ0) is 75.4. The highest BCUT2D eigenvalue weighted by Gasteiger charge is 2.22. The lowest BCUT2D eigenvalue weighted by atomic mass is 10.0. The van der Waals surface area contributed by atoms with Gasteiger partial charge < -0.3 is 27.9 Å². The van der Waals surface area contributed by atoms with Crippen LogP contribution >= 0.6 is 7.82 Å². The van der Waals surface area contributed by atoms with E-state index in [-0.39, 0.29) is 32.0 Å². The SMILES string of the molecule is CC/C=C\C/C=C\C/C=C\C/C=C\C/C=C\C/C=C\C/C=C\C/C=C\C/C=C\C/C=C\CCCCCCCCCCCCC(=O)OC(COC(=O)CCCCCCCCCCCCCCCC/C=C\C/C=C\C/C=C\C/C=C\C/C=C\C/C=C\C/C=C\C/C=C\CC)COP(=O)([O-])OCC[N+](C)(C)C. The van der Waals surface area contributed by atoms with E-state index in [2.05, 4.69) is 233 Å². The van der Waals surface area contributed by atoms with E-state index in [4.69, 9.17) is 18.5 Å². The third kappa shape index (κ3) is 85.3. The van der Waals surface area contributed by atoms with E-state index in [1.54, 1.807) is 0 Å². The summed E-state index contributed by atoms with van der Waals surface area (Å²) >= 11 is 0. The van der Waals surface area contributed by atoms with Gasteiger partial charge in [0.15, 0.2) is 6.10 Å². The zero-order valence-corrected chi connectivity index (χ0v) is 67.8. The minimum absolute atomic E-state index is 0.0410. The predicted octanol–water partition coefficient (Wildman–Crippen LogP) is 27.6. The third-order valence-electron chi connectivity index (χ3n) is 17.0. The van der Waals surface area contributed by atoms with E-state index in [0.717, 1.165) is 167 Å². The molecule has 0 aliphatic rings. The van der Waals surface area contributed by atoms with Crippen LogP contribution in [0.1, 0.15) is 309 Å². The van der Waals surface area contributed by atoms with Crippen LogP contribution in [0.2, 0.25) is 0 Å². The molecule has 10 heteroatoms. The summed E-state index contributed by atoms with van der Waals surface area (Å²) < 4.78 is 34.4. The number of esters is 2. The minimum atomic E-state index is -4.66. The molecule has 104 heavy (non-hydrogen) atoms. The van der Waals surface area contributed by atoms with Gasteiger partial charge in [0.05, 0.1) is 27.7 Å². The molecule has 2 unspecified atom stereocenters. The average molecular weight is 1460 g/mol. The Balaban J connectivity index is 4.06. The Hall–Kier alpha value is -5.67. The van der Waals surface area contributed by atoms with Crippen LogP contribution in [0.3, 0.4) is 0 Å². The number of rotatable bonds is 74. The number of ether oxygens (including phenoxy) is 2. The Morgan fingerprint density at radius 1 is 0.298 bits per heavy atom. The first-order chi connectivity index (χ1) is 51.0. The van der Waals surface area contributed by atoms with E-state index in [9.17, 15) is 19.0 Å². The van der Waals surface area contributed by atoms with Gasteiger partial charge in [0.2, 0.25) is 0 Å². The van der Waals surface area contributed by atoms with Crippen molar-refractivity contribution in [3.05, 3.63) is 219 Å². The van der Waals surface area contributed by atoms with Gasteiger partial charge in [-0.15, -0.1) is 0 Å². The summed E-state index contributed by atoms with van der Waals surface area (Å²) in [5.41, 5.74) is 0. The molecule has 0 rings (SSSR count). The fraction of sp³-hybridized carbons (Fsp3) is 0.596. The van der Waals surface area contributed by atoms with Gasteiger partial charge in [0.1, 0.15) is 19.8 Å². The molecule has 0 radical (unpaired) electrons. The lowest BCUT2D eigenvalue weighted by molar-refractivity contribution is -0.870. The van der Waals surface area contributed by atoms with Crippen molar-refractivity contribution >= 4 is 19.8 Å². The van der Waals surface area contributed by atoms with Gasteiger partial charge in [-0.05, 0) is 154 Å². The molecular formula is C94H152NO8P. The molecule has 0 saturated heterocycles. The molecule has 0 N–H and O–H groups in total. The number of carbonyl (C=O) groups excluding carboxylic acids is 2. The maximum absolute atomic E-state index is 12.9. The predicted molar refractivity (Wildman–Crippen MR) is 451 cm³/mol. The Morgan fingerprint density at radius 2 is 0.519 bits per heavy atom. The zero-order valence-electron chi connectivity index (χ0n) is 66.9. The highest BCUT2D eigenvalue weighted by Crippen LogP contribution is 2.38. The number of allylic oxidation sites excluding steroid dienone is 36. The first-order valence-corrected chi connectivity index (χ1v) is 42.9. The fourth-order valence-corrected chi connectivity index (χ4v) is 11.5. The second-order valence-corrected chi connectivity index (χ2v) is 29.4. The molecule has 0 aromatic rings. The molecule has 586 valence electrons. The van der Waals surface area contributed by atoms with Crippen LogP contribution in [-0.4, -0.2) is 70.0 Å². The summed E-state index contributed by atoms with van der Waals surface area (Å²) in [7, 11) is 1.14. The van der Waals surface area contributed by atoms with Crippen LogP contribution < -0.4 is 4.89 Å². The Kier molecular flexibility index (Phi) is 77.0. The van der Waals surface area contributed by atoms with E-state index in [0.29, 0.717) is 17.4 Å². The standard InChI is InChI=1S/C94H152NO8P/c1-6-8-10-12-14-16-18-20-22-24-26-28-30-32-34-36-38-40-42-44-46-47-49-51-53-55-57-59-61-63-65-67-69-71-73-75-77-79-81-83-85-87-94(97)103-92(91-102-104(98,99)101-89-88-95(3,4)5)90-100-93(96)86-84-82-80-78-76-74-72-70-68-66-64-62-60-58-56-54-52-50-48-45-43-41-39-37-35-33-31-29-27-25-23-21-19-17-15-13-11-9-7-2/h8-11,14-17,20-23,26-29,32-35,38-41,44-46,48-49,51-52,54-55,57,61,63,92H,6-7,12-13,18-19,24-25,30-31,36-37,42-43,47,50,53,56,58-60,62,64-91H2,1-5H3/b10-8-,11-9-,16-14-,17-15-,22-20-,23-21-,28-26-,29-27-,34-32-,35-33-,40-38-,41-39-,46-44-,48-45-,51-49-,54-52-,57-55-,63-61-. The van der Waals surface area contributed by atoms with Crippen LogP contribution in [0.5, 0.6) is 0 Å². The van der Waals surface area contributed by atoms with Crippen LogP contribution in [0.25, 0.3) is 0 Å². The molecule has 9 nitrogen and oxygen atoms in total. The van der Waals surface area contributed by atoms with E-state index in [1.165, 1.54) is 109 Å². The molecule has 0 aliphatic carbocycles. The molecule has 0 fully saturated rings. The number of phosphoric ester groups is 1. The van der Waals surface area contributed by atoms with Gasteiger partial charge in [-0.1, -0.05) is 361 Å². The summed E-state index contributed by atoms with van der Waals surface area (Å²) in [6, 6.07) is 0. The number of quaternary nitrogens is 1. The third-order valence-corrected chi connectivity index (χ3v) is 18.0. The number of carbonyl (C=O) groups is 2. The molecule has 0 spiro atoms. The van der Waals surface area contributed by atoms with Gasteiger partial charge in [-0.2, -0.15) is 0 Å². The van der Waals surface area contributed by atoms with Crippen molar-refractivity contribution in [2.45, 2.75) is 315 Å². The van der Waals surface area contributed by atoms with Crippen LogP contribution in [0, 0.1) is 0 Å². The van der Waals surface area contributed by atoms with Crippen molar-refractivity contribution in [1.29, 1.82) is 0 Å². The van der Waals surface area contributed by atoms with Crippen molar-refractivity contribution in [1.82, 2.24) is 0 Å². The molecular weight excluding hydrogens is 1300 g/mol. The minimum Gasteiger partial charge on any atom is -0.756 e. The molecule has 0 amide bonds. The molecule has 0 bridgehead atoms. The van der Waals surface area contributed by atoms with Crippen molar-refractivity contribution in [2.75, 3.05) is 47.5 Å². The van der Waals surface area contributed by atoms with Gasteiger partial charge in [-0.3, -0.25) is 14.2 Å². The maximum atomic E-state index is 12.9. The lowest BCUT2D eigenvalue weighted by Crippen LogP contribution is -2.37. The van der Waals surface area contributed by atoms with Gasteiger partial charge in [0, 0.05) is 12.8 Å². The molecule has 0 aromatic carbocycles. The Morgan fingerprint density at radius 3 is 0.769 bits per heavy atom. The Labute approximate surface area is 639 Å². The number of likely N-dealkylation sites (N-methyl/N-ethyl adjacent to an activating group) is 1. The molecule has 0 heterocycles. The van der Waals surface area contributed by atoms with E-state index in [1.807, 2.05) is 21.1 Å². The molecule has 0 saturated carbocycles. The van der Waals surface area contributed by atoms with E-state index < -0.39 is 26.5 Å². The van der Waals surface area contributed by atoms with Gasteiger partial charge >= 0.3 is 11.9 Å². The molecule has 2 atom stereocenters. The average Bonchev–Trinajstić information content (AvgIpc) is 0.920. The maximum Gasteiger partial charge on any atom is 0.306 e. The smallest absolute Gasteiger partial charge is 0.306 e. The first-order valence-electron chi connectivity index (χ1n) is 41.4. The normalized spacial score (nSPS) is 14.2. The van der Waals surface area contributed by atoms with Gasteiger partial charge in [-0.25, -0.2) is 0 Å². The van der Waals surface area contributed by atoms with Crippen LogP contribution in [0.15, 0.2) is 219 Å². The van der Waals surface area contributed by atoms with Crippen molar-refractivity contribution in [2.24, 2.45) is 0 Å². The summed E-state index contributed by atoms with van der Waals surface area (Å²) in [4.78, 5) is 38.2. The number of nitrogens with zero attached hydrogens (tertiary/aromatic N) is 1. The summed E-state index contributed by atoms with van der Waals surface area (Å²) in [6.07, 6.45) is 129. The van der Waals surface area contributed by atoms with Crippen molar-refractivity contribution in [3.8, 4) is 0 Å². The van der Waals surface area contributed by atoms with E-state index >= 15 is 0 Å². The van der Waals surface area contributed by atoms with Crippen molar-refractivity contribution < 1.29 is 42.1 Å². The highest BCUT2D eigenvalue weighted by atomic mass is 31.2. The monoisotopic (exact) mass is 1450 g/mol. The first kappa shape index (κ1) is 98.3. The van der Waals surface area contributed by atoms with Crippen molar-refractivity contribution in [3.63, 3.8) is 0 Å². The van der Waals surface area contributed by atoms with Crippen LogP contribution in [-0.2, 0) is 32.7 Å².